The molecule has 108 valence electrons. The van der Waals surface area contributed by atoms with Crippen molar-refractivity contribution in [3.05, 3.63) is 48.0 Å². The Bertz CT molecular complexity index is 759. The molecule has 0 radical (unpaired) electrons. The standard InChI is InChI=1S/C14H8Br2ClNO2S/c15-12-5-9(14(16)21-12)11(19)6-18-10-4-8(17)2-1-7(10)3-13(18)20/h1-2,4-5H,3,6H2. The molecule has 0 fully saturated rings. The highest BCUT2D eigenvalue weighted by Crippen LogP contribution is 2.34. The van der Waals surface area contributed by atoms with Gasteiger partial charge in [0.15, 0.2) is 5.78 Å². The highest BCUT2D eigenvalue weighted by atomic mass is 79.9. The van der Waals surface area contributed by atoms with Crippen molar-refractivity contribution in [3.63, 3.8) is 0 Å². The highest BCUT2D eigenvalue weighted by molar-refractivity contribution is 9.12. The van der Waals surface area contributed by atoms with Gasteiger partial charge < -0.3 is 4.90 Å². The first-order valence-corrected chi connectivity index (χ1v) is 8.80. The lowest BCUT2D eigenvalue weighted by Crippen LogP contribution is -2.32. The Morgan fingerprint density at radius 2 is 2.10 bits per heavy atom. The minimum absolute atomic E-state index is 0.0218. The molecule has 0 atom stereocenters. The van der Waals surface area contributed by atoms with Crippen molar-refractivity contribution < 1.29 is 9.59 Å². The normalized spacial score (nSPS) is 13.7. The molecule has 0 unspecified atom stereocenters. The summed E-state index contributed by atoms with van der Waals surface area (Å²) in [5, 5.41) is 0.556. The maximum atomic E-state index is 12.4. The lowest BCUT2D eigenvalue weighted by molar-refractivity contribution is -0.117. The number of thiophene rings is 1. The van der Waals surface area contributed by atoms with E-state index in [2.05, 4.69) is 31.9 Å². The minimum Gasteiger partial charge on any atom is -0.304 e. The SMILES string of the molecule is O=C(CN1C(=O)Cc2ccc(Cl)cc21)c1cc(Br)sc1Br. The zero-order chi connectivity index (χ0) is 15.1. The van der Waals surface area contributed by atoms with Crippen molar-refractivity contribution >= 4 is 72.2 Å². The largest absolute Gasteiger partial charge is 0.304 e. The number of Topliss-reactive ketones (excluding diaryl/α,β-unsaturated/α-hetero) is 1. The van der Waals surface area contributed by atoms with Crippen molar-refractivity contribution in [1.29, 1.82) is 0 Å². The van der Waals surface area contributed by atoms with Gasteiger partial charge in [0.25, 0.3) is 0 Å². The van der Waals surface area contributed by atoms with Crippen LogP contribution in [-0.4, -0.2) is 18.2 Å². The molecule has 0 bridgehead atoms. The first-order chi connectivity index (χ1) is 9.95. The summed E-state index contributed by atoms with van der Waals surface area (Å²) in [6, 6.07) is 7.08. The number of hydrogen-bond acceptors (Lipinski definition) is 3. The number of carbonyl (C=O) groups excluding carboxylic acids is 2. The molecule has 0 N–H and O–H groups in total. The van der Waals surface area contributed by atoms with Crippen LogP contribution in [0.15, 0.2) is 31.8 Å². The van der Waals surface area contributed by atoms with Gasteiger partial charge in [0.2, 0.25) is 5.91 Å². The quantitative estimate of drug-likeness (QED) is 0.637. The van der Waals surface area contributed by atoms with Crippen LogP contribution in [0.25, 0.3) is 0 Å². The molecule has 3 rings (SSSR count). The van der Waals surface area contributed by atoms with E-state index in [0.29, 0.717) is 17.0 Å². The Hall–Kier alpha value is -0.690. The molecule has 0 aliphatic carbocycles. The van der Waals surface area contributed by atoms with E-state index in [0.717, 1.165) is 18.8 Å². The third-order valence-electron chi connectivity index (χ3n) is 3.24. The van der Waals surface area contributed by atoms with Gasteiger partial charge in [0.05, 0.1) is 20.5 Å². The maximum Gasteiger partial charge on any atom is 0.231 e. The molecule has 0 saturated carbocycles. The van der Waals surface area contributed by atoms with E-state index in [9.17, 15) is 9.59 Å². The monoisotopic (exact) mass is 447 g/mol. The number of ketones is 1. The van der Waals surface area contributed by atoms with Crippen molar-refractivity contribution in [2.75, 3.05) is 11.4 Å². The second-order valence-corrected chi connectivity index (χ2v) is 8.78. The van der Waals surface area contributed by atoms with Crippen LogP contribution in [0.5, 0.6) is 0 Å². The first kappa shape index (κ1) is 15.2. The molecule has 0 saturated heterocycles. The molecule has 1 aromatic heterocycles. The van der Waals surface area contributed by atoms with Crippen LogP contribution in [0, 0.1) is 0 Å². The third kappa shape index (κ3) is 2.95. The summed E-state index contributed by atoms with van der Waals surface area (Å²) < 4.78 is 1.63. The van der Waals surface area contributed by atoms with Gasteiger partial charge in [-0.3, -0.25) is 9.59 Å². The zero-order valence-electron chi connectivity index (χ0n) is 10.5. The van der Waals surface area contributed by atoms with Gasteiger partial charge in [0.1, 0.15) is 0 Å². The number of amides is 1. The molecule has 1 aromatic carbocycles. The van der Waals surface area contributed by atoms with Crippen LogP contribution >= 0.6 is 54.8 Å². The number of benzene rings is 1. The lowest BCUT2D eigenvalue weighted by Gasteiger charge is -2.16. The molecular weight excluding hydrogens is 441 g/mol. The topological polar surface area (TPSA) is 37.4 Å². The summed E-state index contributed by atoms with van der Waals surface area (Å²) in [4.78, 5) is 26.0. The van der Waals surface area contributed by atoms with Crippen molar-refractivity contribution in [1.82, 2.24) is 0 Å². The average Bonchev–Trinajstić information content (AvgIpc) is 2.90. The maximum absolute atomic E-state index is 12.4. The summed E-state index contributed by atoms with van der Waals surface area (Å²) in [6.07, 6.45) is 0.314. The summed E-state index contributed by atoms with van der Waals surface area (Å²) in [5.41, 5.74) is 2.21. The fourth-order valence-electron chi connectivity index (χ4n) is 2.26. The third-order valence-corrected chi connectivity index (χ3v) is 5.81. The Kier molecular flexibility index (Phi) is 4.23. The van der Waals surface area contributed by atoms with Crippen molar-refractivity contribution in [2.45, 2.75) is 6.42 Å². The molecule has 1 aliphatic heterocycles. The summed E-state index contributed by atoms with van der Waals surface area (Å²) in [6.45, 7) is 0.0218. The number of nitrogens with zero attached hydrogens (tertiary/aromatic N) is 1. The van der Waals surface area contributed by atoms with Gasteiger partial charge in [-0.25, -0.2) is 0 Å². The fourth-order valence-corrected chi connectivity index (χ4v) is 5.28. The van der Waals surface area contributed by atoms with Gasteiger partial charge in [-0.2, -0.15) is 0 Å². The number of fused-ring (bicyclic) bond motifs is 1. The molecule has 0 spiro atoms. The summed E-state index contributed by atoms with van der Waals surface area (Å²) in [5.74, 6) is -0.184. The molecule has 7 heteroatoms. The van der Waals surface area contributed by atoms with E-state index < -0.39 is 0 Å². The number of anilines is 1. The van der Waals surface area contributed by atoms with Gasteiger partial charge in [-0.1, -0.05) is 17.7 Å². The van der Waals surface area contributed by atoms with Crippen LogP contribution in [-0.2, 0) is 11.2 Å². The Morgan fingerprint density at radius 3 is 2.76 bits per heavy atom. The van der Waals surface area contributed by atoms with E-state index in [4.69, 9.17) is 11.6 Å². The molecule has 2 heterocycles. The number of rotatable bonds is 3. The molecule has 1 aliphatic rings. The molecule has 2 aromatic rings. The minimum atomic E-state index is -0.106. The van der Waals surface area contributed by atoms with Gasteiger partial charge in [-0.15, -0.1) is 11.3 Å². The fraction of sp³-hybridized carbons (Fsp3) is 0.143. The second kappa shape index (κ2) is 5.83. The summed E-state index contributed by atoms with van der Waals surface area (Å²) >= 11 is 14.1. The van der Waals surface area contributed by atoms with Crippen molar-refractivity contribution in [3.8, 4) is 0 Å². The van der Waals surface area contributed by atoms with Crippen molar-refractivity contribution in [2.24, 2.45) is 0 Å². The van der Waals surface area contributed by atoms with E-state index in [1.807, 2.05) is 6.07 Å². The number of carbonyl (C=O) groups is 2. The van der Waals surface area contributed by atoms with Gasteiger partial charge in [0, 0.05) is 16.3 Å². The molecule has 21 heavy (non-hydrogen) atoms. The van der Waals surface area contributed by atoms with Gasteiger partial charge >= 0.3 is 0 Å². The van der Waals surface area contributed by atoms with E-state index in [1.54, 1.807) is 18.2 Å². The predicted molar refractivity (Wildman–Crippen MR) is 91.6 cm³/mol. The zero-order valence-corrected chi connectivity index (χ0v) is 15.3. The smallest absolute Gasteiger partial charge is 0.231 e. The highest BCUT2D eigenvalue weighted by Gasteiger charge is 2.30. The van der Waals surface area contributed by atoms with Crippen LogP contribution in [0.4, 0.5) is 5.69 Å². The second-order valence-electron chi connectivity index (χ2n) is 4.59. The number of halogens is 3. The van der Waals surface area contributed by atoms with Gasteiger partial charge in [-0.05, 0) is 55.6 Å². The van der Waals surface area contributed by atoms with E-state index >= 15 is 0 Å². The van der Waals surface area contributed by atoms with Crippen LogP contribution in [0.2, 0.25) is 5.02 Å². The average molecular weight is 450 g/mol. The lowest BCUT2D eigenvalue weighted by atomic mass is 10.1. The first-order valence-electron chi connectivity index (χ1n) is 6.02. The number of hydrogen-bond donors (Lipinski definition) is 0. The Balaban J connectivity index is 1.89. The molecule has 1 amide bonds. The van der Waals surface area contributed by atoms with Crippen LogP contribution in [0.1, 0.15) is 15.9 Å². The van der Waals surface area contributed by atoms with Crippen LogP contribution < -0.4 is 4.90 Å². The molecule has 3 nitrogen and oxygen atoms in total. The Morgan fingerprint density at radius 1 is 1.33 bits per heavy atom. The van der Waals surface area contributed by atoms with Crippen LogP contribution in [0.3, 0.4) is 0 Å². The van der Waals surface area contributed by atoms with E-state index in [1.165, 1.54) is 16.2 Å². The summed E-state index contributed by atoms with van der Waals surface area (Å²) in [7, 11) is 0. The molecular formula is C14H8Br2ClNO2S. The van der Waals surface area contributed by atoms with E-state index in [-0.39, 0.29) is 18.2 Å². The predicted octanol–water partition coefficient (Wildman–Crippen LogP) is 4.70. The Labute approximate surface area is 147 Å².